The lowest BCUT2D eigenvalue weighted by Gasteiger charge is -2.05. The van der Waals surface area contributed by atoms with Gasteiger partial charge in [-0.25, -0.2) is 9.67 Å². The van der Waals surface area contributed by atoms with Gasteiger partial charge < -0.3 is 10.1 Å². The summed E-state index contributed by atoms with van der Waals surface area (Å²) in [4.78, 5) is 16.3. The van der Waals surface area contributed by atoms with Crippen molar-refractivity contribution in [3.8, 4) is 11.6 Å². The van der Waals surface area contributed by atoms with Gasteiger partial charge in [-0.05, 0) is 37.3 Å². The van der Waals surface area contributed by atoms with Gasteiger partial charge in [0.15, 0.2) is 0 Å². The van der Waals surface area contributed by atoms with Gasteiger partial charge in [-0.15, -0.1) is 0 Å². The van der Waals surface area contributed by atoms with Crippen molar-refractivity contribution in [3.63, 3.8) is 0 Å². The Morgan fingerprint density at radius 1 is 1.20 bits per heavy atom. The third-order valence-electron chi connectivity index (χ3n) is 3.47. The minimum Gasteiger partial charge on any atom is -0.478 e. The van der Waals surface area contributed by atoms with E-state index in [4.69, 9.17) is 16.3 Å². The molecule has 0 fully saturated rings. The molecule has 0 spiro atoms. The van der Waals surface area contributed by atoms with E-state index in [9.17, 15) is 4.79 Å². The van der Waals surface area contributed by atoms with Crippen molar-refractivity contribution in [2.24, 2.45) is 0 Å². The zero-order chi connectivity index (χ0) is 17.6. The molecule has 1 amide bonds. The van der Waals surface area contributed by atoms with E-state index in [1.54, 1.807) is 35.1 Å². The van der Waals surface area contributed by atoms with Crippen LogP contribution >= 0.6 is 11.6 Å². The van der Waals surface area contributed by atoms with E-state index >= 15 is 0 Å². The second-order valence-electron chi connectivity index (χ2n) is 5.27. The molecule has 2 aromatic heterocycles. The van der Waals surface area contributed by atoms with Crippen LogP contribution < -0.4 is 10.1 Å². The zero-order valence-corrected chi connectivity index (χ0v) is 14.4. The number of carbonyl (C=O) groups is 1. The van der Waals surface area contributed by atoms with Crippen molar-refractivity contribution < 1.29 is 9.53 Å². The number of amides is 1. The maximum atomic E-state index is 12.2. The highest BCUT2D eigenvalue weighted by atomic mass is 35.5. The minimum absolute atomic E-state index is 0.199. The molecule has 128 valence electrons. The van der Waals surface area contributed by atoms with Crippen molar-refractivity contribution in [1.82, 2.24) is 20.1 Å². The molecule has 0 aliphatic carbocycles. The highest BCUT2D eigenvalue weighted by Gasteiger charge is 2.08. The maximum Gasteiger partial charge on any atom is 0.253 e. The van der Waals surface area contributed by atoms with Gasteiger partial charge >= 0.3 is 0 Å². The fourth-order valence-electron chi connectivity index (χ4n) is 2.22. The highest BCUT2D eigenvalue weighted by molar-refractivity contribution is 6.30. The van der Waals surface area contributed by atoms with E-state index in [0.29, 0.717) is 29.6 Å². The summed E-state index contributed by atoms with van der Waals surface area (Å²) in [5.41, 5.74) is 2.27. The Kier molecular flexibility index (Phi) is 5.30. The fraction of sp³-hybridized carbons (Fsp3) is 0.167. The summed E-state index contributed by atoms with van der Waals surface area (Å²) in [6.07, 6.45) is 5.07. The summed E-state index contributed by atoms with van der Waals surface area (Å²) >= 11 is 5.88. The molecule has 1 aromatic carbocycles. The standard InChI is InChI=1S/C18H17ClN4O2/c1-2-25-17-8-3-14(11-20-17)18(24)21-9-13-10-22-23(12-13)16-6-4-15(19)5-7-16/h3-8,10-12H,2,9H2,1H3,(H,21,24). The summed E-state index contributed by atoms with van der Waals surface area (Å²) < 4.78 is 6.99. The van der Waals surface area contributed by atoms with Gasteiger partial charge in [0.2, 0.25) is 5.88 Å². The Morgan fingerprint density at radius 2 is 2.00 bits per heavy atom. The molecule has 0 bridgehead atoms. The van der Waals surface area contributed by atoms with Crippen LogP contribution in [-0.2, 0) is 6.54 Å². The monoisotopic (exact) mass is 356 g/mol. The second kappa shape index (κ2) is 7.81. The molecule has 0 saturated carbocycles. The first kappa shape index (κ1) is 17.0. The zero-order valence-electron chi connectivity index (χ0n) is 13.6. The molecule has 0 aliphatic rings. The van der Waals surface area contributed by atoms with E-state index < -0.39 is 0 Å². The number of rotatable bonds is 6. The lowest BCUT2D eigenvalue weighted by Crippen LogP contribution is -2.22. The molecule has 0 unspecified atom stereocenters. The predicted octanol–water partition coefficient (Wildman–Crippen LogP) is 3.25. The SMILES string of the molecule is CCOc1ccc(C(=O)NCc2cnn(-c3ccc(Cl)cc3)c2)cn1. The maximum absolute atomic E-state index is 12.2. The predicted molar refractivity (Wildman–Crippen MR) is 95.2 cm³/mol. The average molecular weight is 357 g/mol. The first-order chi connectivity index (χ1) is 12.2. The fourth-order valence-corrected chi connectivity index (χ4v) is 2.34. The highest BCUT2D eigenvalue weighted by Crippen LogP contribution is 2.13. The number of hydrogen-bond acceptors (Lipinski definition) is 4. The number of ether oxygens (including phenoxy) is 1. The third kappa shape index (κ3) is 4.36. The summed E-state index contributed by atoms with van der Waals surface area (Å²) in [5.74, 6) is 0.304. The van der Waals surface area contributed by atoms with Gasteiger partial charge in [0.25, 0.3) is 5.91 Å². The lowest BCUT2D eigenvalue weighted by atomic mass is 10.2. The summed E-state index contributed by atoms with van der Waals surface area (Å²) in [7, 11) is 0. The van der Waals surface area contributed by atoms with Crippen molar-refractivity contribution in [3.05, 3.63) is 71.1 Å². The Balaban J connectivity index is 1.60. The molecule has 25 heavy (non-hydrogen) atoms. The molecule has 6 nitrogen and oxygen atoms in total. The molecule has 3 rings (SSSR count). The second-order valence-corrected chi connectivity index (χ2v) is 5.71. The van der Waals surface area contributed by atoms with Crippen LogP contribution in [0.4, 0.5) is 0 Å². The van der Waals surface area contributed by atoms with Crippen LogP contribution in [0.15, 0.2) is 55.0 Å². The van der Waals surface area contributed by atoms with E-state index in [0.717, 1.165) is 11.3 Å². The molecule has 1 N–H and O–H groups in total. The molecule has 7 heteroatoms. The topological polar surface area (TPSA) is 69.0 Å². The number of benzene rings is 1. The van der Waals surface area contributed by atoms with E-state index in [1.165, 1.54) is 6.20 Å². The van der Waals surface area contributed by atoms with Crippen LogP contribution in [0.25, 0.3) is 5.69 Å². The normalized spacial score (nSPS) is 10.5. The van der Waals surface area contributed by atoms with Gasteiger partial charge in [0, 0.05) is 35.6 Å². The molecule has 2 heterocycles. The Hall–Kier alpha value is -2.86. The van der Waals surface area contributed by atoms with Crippen molar-refractivity contribution in [1.29, 1.82) is 0 Å². The first-order valence-electron chi connectivity index (χ1n) is 7.82. The summed E-state index contributed by atoms with van der Waals surface area (Å²) in [6, 6.07) is 10.7. The number of nitrogens with zero attached hydrogens (tertiary/aromatic N) is 3. The molecule has 3 aromatic rings. The van der Waals surface area contributed by atoms with Gasteiger partial charge in [0.05, 0.1) is 24.1 Å². The summed E-state index contributed by atoms with van der Waals surface area (Å²) in [6.45, 7) is 2.79. The summed E-state index contributed by atoms with van der Waals surface area (Å²) in [5, 5.41) is 7.81. The number of aromatic nitrogens is 3. The quantitative estimate of drug-likeness (QED) is 0.736. The molecular formula is C18H17ClN4O2. The minimum atomic E-state index is -0.199. The van der Waals surface area contributed by atoms with Crippen molar-refractivity contribution in [2.75, 3.05) is 6.61 Å². The number of hydrogen-bond donors (Lipinski definition) is 1. The molecule has 0 radical (unpaired) electrons. The Labute approximate surface area is 150 Å². The number of pyridine rings is 1. The molecule has 0 saturated heterocycles. The van der Waals surface area contributed by atoms with Gasteiger partial charge in [-0.1, -0.05) is 11.6 Å². The van der Waals surface area contributed by atoms with E-state index in [2.05, 4.69) is 15.4 Å². The first-order valence-corrected chi connectivity index (χ1v) is 8.20. The molecular weight excluding hydrogens is 340 g/mol. The van der Waals surface area contributed by atoms with Gasteiger partial charge in [-0.2, -0.15) is 5.10 Å². The van der Waals surface area contributed by atoms with E-state index in [-0.39, 0.29) is 5.91 Å². The van der Waals surface area contributed by atoms with Crippen LogP contribution in [-0.4, -0.2) is 27.3 Å². The lowest BCUT2D eigenvalue weighted by molar-refractivity contribution is 0.0950. The Bertz CT molecular complexity index is 844. The van der Waals surface area contributed by atoms with Crippen LogP contribution in [0, 0.1) is 0 Å². The van der Waals surface area contributed by atoms with Crippen molar-refractivity contribution >= 4 is 17.5 Å². The van der Waals surface area contributed by atoms with Crippen LogP contribution in [0.3, 0.4) is 0 Å². The Morgan fingerprint density at radius 3 is 2.68 bits per heavy atom. The largest absolute Gasteiger partial charge is 0.478 e. The van der Waals surface area contributed by atoms with Gasteiger partial charge in [-0.3, -0.25) is 4.79 Å². The van der Waals surface area contributed by atoms with Crippen LogP contribution in [0.2, 0.25) is 5.02 Å². The van der Waals surface area contributed by atoms with Crippen molar-refractivity contribution in [2.45, 2.75) is 13.5 Å². The third-order valence-corrected chi connectivity index (χ3v) is 3.72. The van der Waals surface area contributed by atoms with E-state index in [1.807, 2.05) is 25.3 Å². The van der Waals surface area contributed by atoms with Crippen LogP contribution in [0.1, 0.15) is 22.8 Å². The molecule has 0 atom stereocenters. The number of nitrogens with one attached hydrogen (secondary N) is 1. The van der Waals surface area contributed by atoms with Gasteiger partial charge in [0.1, 0.15) is 0 Å². The smallest absolute Gasteiger partial charge is 0.253 e. The average Bonchev–Trinajstić information content (AvgIpc) is 3.10. The van der Waals surface area contributed by atoms with Crippen LogP contribution in [0.5, 0.6) is 5.88 Å². The number of halogens is 1. The molecule has 0 aliphatic heterocycles. The number of carbonyl (C=O) groups excluding carboxylic acids is 1.